The van der Waals surface area contributed by atoms with Gasteiger partial charge in [-0.2, -0.15) is 10.3 Å². The van der Waals surface area contributed by atoms with E-state index in [1.165, 1.54) is 35.3 Å². The number of aromatic nitrogens is 3. The summed E-state index contributed by atoms with van der Waals surface area (Å²) in [5.74, 6) is 1.12. The number of nitriles is 1. The number of amidine groups is 1. The highest BCUT2D eigenvalue weighted by Gasteiger charge is 2.31. The molecule has 0 saturated carbocycles. The lowest BCUT2D eigenvalue weighted by molar-refractivity contribution is -0.274. The molecule has 0 spiro atoms. The van der Waals surface area contributed by atoms with Gasteiger partial charge < -0.3 is 14.4 Å². The van der Waals surface area contributed by atoms with E-state index >= 15 is 0 Å². The summed E-state index contributed by atoms with van der Waals surface area (Å²) in [6.07, 6.45) is -1.95. The summed E-state index contributed by atoms with van der Waals surface area (Å²) < 4.78 is 48.2. The quantitative estimate of drug-likeness (QED) is 0.165. The highest BCUT2D eigenvalue weighted by molar-refractivity contribution is 8.14. The normalized spacial score (nSPS) is 16.5. The van der Waals surface area contributed by atoms with Crippen molar-refractivity contribution in [1.29, 1.82) is 5.26 Å². The van der Waals surface area contributed by atoms with Gasteiger partial charge in [-0.15, -0.1) is 18.3 Å². The molecule has 0 radical (unpaired) electrons. The Balaban J connectivity index is 1.25. The predicted molar refractivity (Wildman–Crippen MR) is 180 cm³/mol. The fourth-order valence-corrected chi connectivity index (χ4v) is 6.63. The van der Waals surface area contributed by atoms with Crippen molar-refractivity contribution in [3.05, 3.63) is 84.2 Å². The van der Waals surface area contributed by atoms with Crippen LogP contribution in [-0.4, -0.2) is 51.1 Å². The zero-order chi connectivity index (χ0) is 34.4. The number of anilines is 1. The van der Waals surface area contributed by atoms with Gasteiger partial charge in [-0.25, -0.2) is 9.67 Å². The van der Waals surface area contributed by atoms with Crippen molar-refractivity contribution >= 4 is 28.5 Å². The van der Waals surface area contributed by atoms with Crippen LogP contribution in [0.25, 0.3) is 17.1 Å². The molecule has 3 aromatic carbocycles. The minimum Gasteiger partial charge on any atom is -0.497 e. The molecule has 2 unspecified atom stereocenters. The minimum atomic E-state index is -4.77. The van der Waals surface area contributed by atoms with Crippen molar-refractivity contribution in [2.75, 3.05) is 17.8 Å². The average molecular weight is 677 g/mol. The summed E-state index contributed by atoms with van der Waals surface area (Å²) >= 11 is 1.56. The van der Waals surface area contributed by atoms with E-state index in [0.29, 0.717) is 28.7 Å². The number of carbonyl (C=O) groups is 1. The van der Waals surface area contributed by atoms with E-state index in [4.69, 9.17) is 4.74 Å². The monoisotopic (exact) mass is 676 g/mol. The first-order valence-corrected chi connectivity index (χ1v) is 16.4. The molecule has 0 aliphatic carbocycles. The fraction of sp³-hybridized carbons (Fsp3) is 0.343. The number of rotatable bonds is 10. The van der Waals surface area contributed by atoms with E-state index in [9.17, 15) is 23.2 Å². The molecule has 0 N–H and O–H groups in total. The SMILES string of the molecule is COc1ccc(C(C)C)c(N2C(=NC(=O)CCC(C#N)c3ccc(-c4ncn(-c5ccc(OC(F)(F)F)cc5)n4)cc3)SCCC2C)c1. The molecule has 48 heavy (non-hydrogen) atoms. The topological polar surface area (TPSA) is 106 Å². The van der Waals surface area contributed by atoms with Crippen LogP contribution < -0.4 is 14.4 Å². The van der Waals surface area contributed by atoms with Gasteiger partial charge in [-0.3, -0.25) is 4.79 Å². The lowest BCUT2D eigenvalue weighted by Gasteiger charge is -2.37. The van der Waals surface area contributed by atoms with E-state index < -0.39 is 12.3 Å². The number of amides is 1. The Bertz CT molecular complexity index is 1800. The van der Waals surface area contributed by atoms with Crippen molar-refractivity contribution in [1.82, 2.24) is 14.8 Å². The van der Waals surface area contributed by atoms with Gasteiger partial charge in [0.15, 0.2) is 11.0 Å². The van der Waals surface area contributed by atoms with Crippen LogP contribution in [0, 0.1) is 11.3 Å². The van der Waals surface area contributed by atoms with Crippen LogP contribution in [0.3, 0.4) is 0 Å². The molecule has 9 nitrogen and oxygen atoms in total. The molecule has 1 aliphatic rings. The van der Waals surface area contributed by atoms with Gasteiger partial charge in [0.2, 0.25) is 5.91 Å². The molecule has 1 fully saturated rings. The number of hydrogen-bond donors (Lipinski definition) is 0. The summed E-state index contributed by atoms with van der Waals surface area (Å²) in [4.78, 5) is 24.2. The zero-order valence-electron chi connectivity index (χ0n) is 26.9. The Morgan fingerprint density at radius 3 is 2.46 bits per heavy atom. The number of aliphatic imine (C=N–C) groups is 1. The van der Waals surface area contributed by atoms with Gasteiger partial charge in [0, 0.05) is 29.8 Å². The van der Waals surface area contributed by atoms with Crippen LogP contribution in [0.5, 0.6) is 11.5 Å². The van der Waals surface area contributed by atoms with Gasteiger partial charge in [0.25, 0.3) is 0 Å². The predicted octanol–water partition coefficient (Wildman–Crippen LogP) is 8.27. The molecule has 1 aromatic heterocycles. The Labute approximate surface area is 281 Å². The molecule has 1 amide bonds. The summed E-state index contributed by atoms with van der Waals surface area (Å²) in [7, 11) is 1.64. The number of alkyl halides is 3. The second-order valence-electron chi connectivity index (χ2n) is 11.6. The van der Waals surface area contributed by atoms with Gasteiger partial charge in [0.1, 0.15) is 17.8 Å². The highest BCUT2D eigenvalue weighted by atomic mass is 32.2. The van der Waals surface area contributed by atoms with Crippen LogP contribution in [-0.2, 0) is 4.79 Å². The third-order valence-corrected chi connectivity index (χ3v) is 8.94. The number of benzene rings is 3. The Morgan fingerprint density at radius 2 is 1.81 bits per heavy atom. The number of ether oxygens (including phenoxy) is 2. The lowest BCUT2D eigenvalue weighted by Crippen LogP contribution is -2.42. The van der Waals surface area contributed by atoms with Crippen molar-refractivity contribution in [3.8, 4) is 34.6 Å². The zero-order valence-corrected chi connectivity index (χ0v) is 27.8. The van der Waals surface area contributed by atoms with Crippen molar-refractivity contribution in [2.45, 2.75) is 64.3 Å². The van der Waals surface area contributed by atoms with E-state index in [2.05, 4.69) is 57.6 Å². The molecule has 2 atom stereocenters. The number of methoxy groups -OCH3 is 1. The van der Waals surface area contributed by atoms with Crippen LogP contribution in [0.4, 0.5) is 18.9 Å². The molecule has 0 bridgehead atoms. The van der Waals surface area contributed by atoms with Crippen molar-refractivity contribution in [2.24, 2.45) is 4.99 Å². The van der Waals surface area contributed by atoms with Crippen LogP contribution in [0.1, 0.15) is 63.0 Å². The Kier molecular flexibility index (Phi) is 10.7. The molecular formula is C35H35F3N6O3S. The number of thioether (sulfide) groups is 1. The molecule has 13 heteroatoms. The molecule has 1 aliphatic heterocycles. The molecule has 4 aromatic rings. The van der Waals surface area contributed by atoms with Gasteiger partial charge in [-0.1, -0.05) is 55.9 Å². The fourth-order valence-electron chi connectivity index (χ4n) is 5.40. The van der Waals surface area contributed by atoms with Gasteiger partial charge in [0.05, 0.1) is 30.5 Å². The summed E-state index contributed by atoms with van der Waals surface area (Å²) in [5.41, 5.74) is 4.08. The second kappa shape index (κ2) is 14.9. The molecule has 1 saturated heterocycles. The standard InChI is InChI=1S/C35H35F3N6O3S/c1-22(2)30-15-14-29(46-4)19-31(30)44-23(3)17-18-48-34(44)41-32(45)16-9-26(20-39)24-5-7-25(8-6-24)33-40-21-43(42-33)27-10-12-28(13-11-27)47-35(36,37)38/h5-8,10-15,19,21-23,26H,9,16-18H2,1-4H3. The average Bonchev–Trinajstić information content (AvgIpc) is 3.55. The third-order valence-electron chi connectivity index (χ3n) is 7.95. The smallest absolute Gasteiger partial charge is 0.497 e. The van der Waals surface area contributed by atoms with E-state index in [0.717, 1.165) is 34.7 Å². The van der Waals surface area contributed by atoms with Crippen LogP contribution in [0.2, 0.25) is 0 Å². The van der Waals surface area contributed by atoms with Gasteiger partial charge in [-0.05, 0) is 67.1 Å². The first-order valence-electron chi connectivity index (χ1n) is 15.4. The second-order valence-corrected chi connectivity index (χ2v) is 12.7. The van der Waals surface area contributed by atoms with Crippen LogP contribution >= 0.6 is 11.8 Å². The van der Waals surface area contributed by atoms with Crippen molar-refractivity contribution in [3.63, 3.8) is 0 Å². The largest absolute Gasteiger partial charge is 0.573 e. The molecule has 2 heterocycles. The summed E-state index contributed by atoms with van der Waals surface area (Å²) in [6, 6.07) is 20.9. The Hall–Kier alpha value is -4.83. The van der Waals surface area contributed by atoms with E-state index in [-0.39, 0.29) is 30.0 Å². The van der Waals surface area contributed by atoms with Crippen molar-refractivity contribution < 1.29 is 27.4 Å². The molecule has 5 rings (SSSR count). The first kappa shape index (κ1) is 34.5. The lowest BCUT2D eigenvalue weighted by atomic mass is 9.94. The number of carbonyl (C=O) groups excluding carboxylic acids is 1. The molecule has 250 valence electrons. The van der Waals surface area contributed by atoms with E-state index in [1.54, 1.807) is 43.1 Å². The summed E-state index contributed by atoms with van der Waals surface area (Å²) in [5, 5.41) is 15.0. The highest BCUT2D eigenvalue weighted by Crippen LogP contribution is 2.37. The maximum Gasteiger partial charge on any atom is 0.573 e. The number of halogens is 3. The Morgan fingerprint density at radius 1 is 1.10 bits per heavy atom. The first-order chi connectivity index (χ1) is 23.0. The maximum atomic E-state index is 13.2. The van der Waals surface area contributed by atoms with Gasteiger partial charge >= 0.3 is 6.36 Å². The third kappa shape index (κ3) is 8.36. The molecular weight excluding hydrogens is 641 g/mol. The van der Waals surface area contributed by atoms with E-state index in [1.807, 2.05) is 12.1 Å². The maximum absolute atomic E-state index is 13.2. The number of nitrogens with zero attached hydrogens (tertiary/aromatic N) is 6. The minimum absolute atomic E-state index is 0.111. The van der Waals surface area contributed by atoms with Crippen LogP contribution in [0.15, 0.2) is 78.0 Å². The number of hydrogen-bond acceptors (Lipinski definition) is 7. The summed E-state index contributed by atoms with van der Waals surface area (Å²) in [6.45, 7) is 6.40.